The summed E-state index contributed by atoms with van der Waals surface area (Å²) in [6.07, 6.45) is 0. The Morgan fingerprint density at radius 1 is 1.50 bits per heavy atom. The molecule has 1 aliphatic rings. The van der Waals surface area contributed by atoms with Crippen molar-refractivity contribution >= 4 is 44.5 Å². The van der Waals surface area contributed by atoms with Gasteiger partial charge in [0.25, 0.3) is 0 Å². The van der Waals surface area contributed by atoms with E-state index in [2.05, 4.69) is 37.6 Å². The topological polar surface area (TPSA) is 58.4 Å². The van der Waals surface area contributed by atoms with Crippen molar-refractivity contribution in [2.75, 3.05) is 17.3 Å². The van der Waals surface area contributed by atoms with Gasteiger partial charge >= 0.3 is 0 Å². The van der Waals surface area contributed by atoms with E-state index < -0.39 is 6.04 Å². The SMILES string of the molecule is CN(Cc1cccs1)c1cc2c(cc1Br)C(N)C(=O)N2. The average molecular weight is 352 g/mol. The molecule has 0 radical (unpaired) electrons. The number of fused-ring (bicyclic) bond motifs is 1. The van der Waals surface area contributed by atoms with Crippen molar-refractivity contribution in [2.24, 2.45) is 5.73 Å². The first-order chi connectivity index (χ1) is 9.56. The molecule has 1 aliphatic heterocycles. The molecule has 1 atom stereocenters. The molecular formula is C14H14BrN3OS. The van der Waals surface area contributed by atoms with Crippen molar-refractivity contribution in [3.05, 3.63) is 44.6 Å². The number of hydrogen-bond donors (Lipinski definition) is 2. The molecule has 104 valence electrons. The fourth-order valence-electron chi connectivity index (χ4n) is 2.31. The Morgan fingerprint density at radius 3 is 3.00 bits per heavy atom. The van der Waals surface area contributed by atoms with Gasteiger partial charge < -0.3 is 16.0 Å². The summed E-state index contributed by atoms with van der Waals surface area (Å²) in [7, 11) is 2.03. The van der Waals surface area contributed by atoms with Gasteiger partial charge in [-0.15, -0.1) is 11.3 Å². The molecule has 2 heterocycles. The zero-order chi connectivity index (χ0) is 14.3. The summed E-state index contributed by atoms with van der Waals surface area (Å²) in [5.74, 6) is -0.148. The standard InChI is InChI=1S/C14H14BrN3OS/c1-18(7-8-3-2-4-20-8)12-6-11-9(5-10(12)15)13(16)14(19)17-11/h2-6,13H,7,16H2,1H3,(H,17,19). The van der Waals surface area contributed by atoms with E-state index in [9.17, 15) is 4.79 Å². The van der Waals surface area contributed by atoms with E-state index in [1.165, 1.54) is 4.88 Å². The lowest BCUT2D eigenvalue weighted by molar-refractivity contribution is -0.116. The van der Waals surface area contributed by atoms with Crippen molar-refractivity contribution in [1.82, 2.24) is 0 Å². The maximum absolute atomic E-state index is 11.6. The summed E-state index contributed by atoms with van der Waals surface area (Å²) in [6, 6.07) is 7.49. The first kappa shape index (κ1) is 13.6. The van der Waals surface area contributed by atoms with Gasteiger partial charge in [0.2, 0.25) is 5.91 Å². The maximum Gasteiger partial charge on any atom is 0.245 e. The molecule has 4 nitrogen and oxygen atoms in total. The predicted octanol–water partition coefficient (Wildman–Crippen LogP) is 3.10. The highest BCUT2D eigenvalue weighted by Gasteiger charge is 2.28. The summed E-state index contributed by atoms with van der Waals surface area (Å²) in [5, 5.41) is 4.89. The van der Waals surface area contributed by atoms with E-state index in [-0.39, 0.29) is 5.91 Å². The molecule has 1 unspecified atom stereocenters. The van der Waals surface area contributed by atoms with Crippen LogP contribution in [0.25, 0.3) is 0 Å². The average Bonchev–Trinajstić information content (AvgIpc) is 3.00. The predicted molar refractivity (Wildman–Crippen MR) is 86.1 cm³/mol. The third kappa shape index (κ3) is 2.34. The van der Waals surface area contributed by atoms with Crippen molar-refractivity contribution < 1.29 is 4.79 Å². The fourth-order valence-corrected chi connectivity index (χ4v) is 3.73. The number of carbonyl (C=O) groups is 1. The molecule has 1 aromatic heterocycles. The summed E-state index contributed by atoms with van der Waals surface area (Å²) >= 11 is 5.30. The third-order valence-corrected chi connectivity index (χ3v) is 4.88. The summed E-state index contributed by atoms with van der Waals surface area (Å²) in [6.45, 7) is 0.828. The lowest BCUT2D eigenvalue weighted by Crippen LogP contribution is -2.19. The second kappa shape index (κ2) is 5.20. The molecule has 1 amide bonds. The van der Waals surface area contributed by atoms with Crippen LogP contribution in [0.4, 0.5) is 11.4 Å². The Balaban J connectivity index is 1.91. The van der Waals surface area contributed by atoms with E-state index in [0.717, 1.165) is 28.0 Å². The van der Waals surface area contributed by atoms with Crippen molar-refractivity contribution in [3.63, 3.8) is 0 Å². The van der Waals surface area contributed by atoms with Crippen molar-refractivity contribution in [2.45, 2.75) is 12.6 Å². The number of nitrogens with two attached hydrogens (primary N) is 1. The zero-order valence-electron chi connectivity index (χ0n) is 10.9. The van der Waals surface area contributed by atoms with Crippen LogP contribution >= 0.6 is 27.3 Å². The fraction of sp³-hybridized carbons (Fsp3) is 0.214. The van der Waals surface area contributed by atoms with Crippen LogP contribution in [0.5, 0.6) is 0 Å². The number of nitrogens with one attached hydrogen (secondary N) is 1. The smallest absolute Gasteiger partial charge is 0.245 e. The number of thiophene rings is 1. The minimum absolute atomic E-state index is 0.148. The summed E-state index contributed by atoms with van der Waals surface area (Å²) < 4.78 is 0.947. The lowest BCUT2D eigenvalue weighted by atomic mass is 10.1. The van der Waals surface area contributed by atoms with Gasteiger partial charge in [0.1, 0.15) is 6.04 Å². The quantitative estimate of drug-likeness (QED) is 0.893. The van der Waals surface area contributed by atoms with E-state index in [1.54, 1.807) is 11.3 Å². The molecule has 0 fully saturated rings. The number of amides is 1. The van der Waals surface area contributed by atoms with Crippen molar-refractivity contribution in [3.8, 4) is 0 Å². The highest BCUT2D eigenvalue weighted by Crippen LogP contribution is 2.38. The molecule has 3 N–H and O–H groups in total. The van der Waals surface area contributed by atoms with Crippen molar-refractivity contribution in [1.29, 1.82) is 0 Å². The van der Waals surface area contributed by atoms with E-state index in [1.807, 2.05) is 25.2 Å². The molecule has 1 aromatic carbocycles. The van der Waals surface area contributed by atoms with Gasteiger partial charge in [0.15, 0.2) is 0 Å². The van der Waals surface area contributed by atoms with Crippen LogP contribution in [-0.2, 0) is 11.3 Å². The number of hydrogen-bond acceptors (Lipinski definition) is 4. The highest BCUT2D eigenvalue weighted by atomic mass is 79.9. The van der Waals surface area contributed by atoms with Crippen LogP contribution in [-0.4, -0.2) is 13.0 Å². The van der Waals surface area contributed by atoms with Gasteiger partial charge in [-0.3, -0.25) is 4.79 Å². The van der Waals surface area contributed by atoms with Gasteiger partial charge in [-0.05, 0) is 39.5 Å². The molecule has 0 spiro atoms. The van der Waals surface area contributed by atoms with Gasteiger partial charge in [-0.25, -0.2) is 0 Å². The van der Waals surface area contributed by atoms with Crippen LogP contribution in [0.1, 0.15) is 16.5 Å². The number of carbonyl (C=O) groups excluding carboxylic acids is 1. The number of anilines is 2. The lowest BCUT2D eigenvalue weighted by Gasteiger charge is -2.21. The molecular weight excluding hydrogens is 338 g/mol. The summed E-state index contributed by atoms with van der Waals surface area (Å²) in [5.41, 5.74) is 8.53. The van der Waals surface area contributed by atoms with Gasteiger partial charge in [0, 0.05) is 27.6 Å². The molecule has 0 saturated carbocycles. The Bertz CT molecular complexity index is 657. The largest absolute Gasteiger partial charge is 0.368 e. The first-order valence-electron chi connectivity index (χ1n) is 6.19. The number of benzene rings is 1. The molecule has 2 aromatic rings. The normalized spacial score (nSPS) is 16.9. The minimum Gasteiger partial charge on any atom is -0.368 e. The molecule has 6 heteroatoms. The van der Waals surface area contributed by atoms with Crippen LogP contribution in [0, 0.1) is 0 Å². The maximum atomic E-state index is 11.6. The summed E-state index contributed by atoms with van der Waals surface area (Å²) in [4.78, 5) is 15.1. The number of rotatable bonds is 3. The van der Waals surface area contributed by atoms with Gasteiger partial charge in [-0.1, -0.05) is 6.07 Å². The molecule has 0 bridgehead atoms. The van der Waals surface area contributed by atoms with Crippen LogP contribution in [0.3, 0.4) is 0 Å². The monoisotopic (exact) mass is 351 g/mol. The third-order valence-electron chi connectivity index (χ3n) is 3.38. The minimum atomic E-state index is -0.571. The van der Waals surface area contributed by atoms with Gasteiger partial charge in [0.05, 0.1) is 12.2 Å². The Morgan fingerprint density at radius 2 is 2.30 bits per heavy atom. The second-order valence-electron chi connectivity index (χ2n) is 4.79. The van der Waals surface area contributed by atoms with Crippen LogP contribution < -0.4 is 16.0 Å². The van der Waals surface area contributed by atoms with Crippen LogP contribution in [0.15, 0.2) is 34.1 Å². The Labute approximate surface area is 129 Å². The second-order valence-corrected chi connectivity index (χ2v) is 6.68. The molecule has 0 aliphatic carbocycles. The molecule has 20 heavy (non-hydrogen) atoms. The molecule has 3 rings (SSSR count). The highest BCUT2D eigenvalue weighted by molar-refractivity contribution is 9.10. The van der Waals surface area contributed by atoms with E-state index >= 15 is 0 Å². The zero-order valence-corrected chi connectivity index (χ0v) is 13.3. The van der Waals surface area contributed by atoms with E-state index in [4.69, 9.17) is 5.73 Å². The van der Waals surface area contributed by atoms with Crippen LogP contribution in [0.2, 0.25) is 0 Å². The number of halogens is 1. The Hall–Kier alpha value is -1.37. The van der Waals surface area contributed by atoms with E-state index in [0.29, 0.717) is 0 Å². The first-order valence-corrected chi connectivity index (χ1v) is 7.87. The Kier molecular flexibility index (Phi) is 3.54. The number of nitrogens with zero attached hydrogens (tertiary/aromatic N) is 1. The molecule has 0 saturated heterocycles. The van der Waals surface area contributed by atoms with Gasteiger partial charge in [-0.2, -0.15) is 0 Å².